The van der Waals surface area contributed by atoms with Crippen LogP contribution in [0.3, 0.4) is 0 Å². The van der Waals surface area contributed by atoms with E-state index in [9.17, 15) is 0 Å². The number of alkyl halides is 1. The summed E-state index contributed by atoms with van der Waals surface area (Å²) in [4.78, 5) is -0.348. The third-order valence-corrected chi connectivity index (χ3v) is 3.53. The second-order valence-electron chi connectivity index (χ2n) is 3.71. The maximum absolute atomic E-state index is 7.85. The Balaban J connectivity index is 2.11. The molecule has 1 aliphatic rings. The van der Waals surface area contributed by atoms with Gasteiger partial charge in [0.1, 0.15) is 0 Å². The Hall–Kier alpha value is -0.530. The molecule has 0 spiro atoms. The van der Waals surface area contributed by atoms with E-state index in [0.717, 1.165) is 23.4 Å². The van der Waals surface area contributed by atoms with Crippen LogP contribution < -0.4 is 0 Å². The van der Waals surface area contributed by atoms with Gasteiger partial charge in [0.05, 0.1) is 4.87 Å². The first-order valence-corrected chi connectivity index (χ1v) is 5.38. The highest BCUT2D eigenvalue weighted by molar-refractivity contribution is 6.38. The van der Waals surface area contributed by atoms with Crippen LogP contribution >= 0.6 is 23.2 Å². The molecule has 0 aliphatic heterocycles. The highest BCUT2D eigenvalue weighted by Crippen LogP contribution is 2.44. The lowest BCUT2D eigenvalue weighted by Gasteiger charge is -2.09. The zero-order valence-electron chi connectivity index (χ0n) is 7.69. The Labute approximate surface area is 93.5 Å². The van der Waals surface area contributed by atoms with Crippen molar-refractivity contribution in [2.75, 3.05) is 0 Å². The molecule has 2 rings (SSSR count). The molecule has 1 aromatic carbocycles. The Bertz CT molecular complexity index is 369. The molecule has 1 aliphatic carbocycles. The molecule has 1 N–H and O–H groups in total. The monoisotopic (exact) mass is 227 g/mol. The van der Waals surface area contributed by atoms with Gasteiger partial charge in [0.25, 0.3) is 0 Å². The molecule has 0 heterocycles. The summed E-state index contributed by atoms with van der Waals surface area (Å²) in [5.41, 5.74) is 1.58. The maximum atomic E-state index is 7.85. The third-order valence-electron chi connectivity index (χ3n) is 2.55. The van der Waals surface area contributed by atoms with Crippen LogP contribution in [0.4, 0.5) is 0 Å². The van der Waals surface area contributed by atoms with Crippen molar-refractivity contribution in [3.05, 3.63) is 34.9 Å². The zero-order valence-corrected chi connectivity index (χ0v) is 9.20. The van der Waals surface area contributed by atoms with Gasteiger partial charge in [-0.1, -0.05) is 29.8 Å². The van der Waals surface area contributed by atoms with Crippen LogP contribution in [0.1, 0.15) is 18.4 Å². The van der Waals surface area contributed by atoms with E-state index in [4.69, 9.17) is 28.6 Å². The lowest BCUT2D eigenvalue weighted by atomic mass is 10.1. The van der Waals surface area contributed by atoms with Crippen LogP contribution in [-0.2, 0) is 6.42 Å². The van der Waals surface area contributed by atoms with Gasteiger partial charge < -0.3 is 5.41 Å². The number of rotatable bonds is 3. The predicted molar refractivity (Wildman–Crippen MR) is 60.7 cm³/mol. The zero-order chi connectivity index (χ0) is 10.2. The van der Waals surface area contributed by atoms with Crippen molar-refractivity contribution in [3.63, 3.8) is 0 Å². The molecular formula is C11H11Cl2N. The molecule has 0 bridgehead atoms. The van der Waals surface area contributed by atoms with Gasteiger partial charge in [-0.05, 0) is 24.5 Å². The Morgan fingerprint density at radius 2 is 2.00 bits per heavy atom. The van der Waals surface area contributed by atoms with Crippen molar-refractivity contribution in [3.8, 4) is 0 Å². The highest BCUT2D eigenvalue weighted by atomic mass is 35.5. The number of benzene rings is 1. The summed E-state index contributed by atoms with van der Waals surface area (Å²) in [6, 6.07) is 7.61. The minimum Gasteiger partial charge on any atom is -0.307 e. The van der Waals surface area contributed by atoms with Gasteiger partial charge in [0, 0.05) is 17.2 Å². The fourth-order valence-corrected chi connectivity index (χ4v) is 1.77. The van der Waals surface area contributed by atoms with Crippen LogP contribution in [0, 0.1) is 5.41 Å². The van der Waals surface area contributed by atoms with Crippen LogP contribution in [0.15, 0.2) is 24.3 Å². The molecule has 0 radical (unpaired) electrons. The molecule has 74 valence electrons. The Morgan fingerprint density at radius 1 is 1.36 bits per heavy atom. The Morgan fingerprint density at radius 3 is 2.57 bits per heavy atom. The molecule has 0 aromatic heterocycles. The molecule has 1 nitrogen and oxygen atoms in total. The molecule has 0 unspecified atom stereocenters. The third kappa shape index (κ3) is 1.94. The van der Waals surface area contributed by atoms with Crippen LogP contribution in [0.5, 0.6) is 0 Å². The molecule has 1 fully saturated rings. The molecule has 0 atom stereocenters. The van der Waals surface area contributed by atoms with Crippen molar-refractivity contribution >= 4 is 28.9 Å². The molecule has 1 aromatic rings. The number of hydrogen-bond acceptors (Lipinski definition) is 1. The van der Waals surface area contributed by atoms with Gasteiger partial charge in [0.15, 0.2) is 0 Å². The lowest BCUT2D eigenvalue weighted by molar-refractivity contribution is 1.12. The Kier molecular flexibility index (Phi) is 2.54. The molecule has 3 heteroatoms. The first kappa shape index (κ1) is 10.0. The normalized spacial score (nSPS) is 17.9. The second kappa shape index (κ2) is 3.56. The van der Waals surface area contributed by atoms with Crippen LogP contribution in [0.2, 0.25) is 5.02 Å². The van der Waals surface area contributed by atoms with Crippen LogP contribution in [-0.4, -0.2) is 10.6 Å². The lowest BCUT2D eigenvalue weighted by Crippen LogP contribution is -2.17. The van der Waals surface area contributed by atoms with Crippen LogP contribution in [0.25, 0.3) is 0 Å². The van der Waals surface area contributed by atoms with Crippen molar-refractivity contribution in [2.45, 2.75) is 24.1 Å². The summed E-state index contributed by atoms with van der Waals surface area (Å²) in [5, 5.41) is 8.57. The van der Waals surface area contributed by atoms with E-state index < -0.39 is 0 Å². The smallest absolute Gasteiger partial charge is 0.0824 e. The molecular weight excluding hydrogens is 217 g/mol. The standard InChI is InChI=1S/C11H11Cl2N/c12-9-4-2-1-3-8(9)7-10(14)11(13)5-6-11/h1-4,14H,5-7H2. The van der Waals surface area contributed by atoms with E-state index in [1.807, 2.05) is 24.3 Å². The summed E-state index contributed by atoms with van der Waals surface area (Å²) in [6.45, 7) is 0. The average Bonchev–Trinajstić information content (AvgIpc) is 2.89. The van der Waals surface area contributed by atoms with E-state index in [1.165, 1.54) is 0 Å². The van der Waals surface area contributed by atoms with Gasteiger partial charge >= 0.3 is 0 Å². The first-order valence-electron chi connectivity index (χ1n) is 4.62. The molecule has 0 amide bonds. The van der Waals surface area contributed by atoms with E-state index in [1.54, 1.807) is 0 Å². The maximum Gasteiger partial charge on any atom is 0.0824 e. The van der Waals surface area contributed by atoms with Gasteiger partial charge in [-0.3, -0.25) is 0 Å². The van der Waals surface area contributed by atoms with E-state index in [-0.39, 0.29) is 4.87 Å². The molecule has 14 heavy (non-hydrogen) atoms. The molecule has 1 saturated carbocycles. The van der Waals surface area contributed by atoms with Crippen molar-refractivity contribution in [1.29, 1.82) is 5.41 Å². The largest absolute Gasteiger partial charge is 0.307 e. The summed E-state index contributed by atoms with van der Waals surface area (Å²) in [7, 11) is 0. The van der Waals surface area contributed by atoms with Crippen molar-refractivity contribution in [2.24, 2.45) is 0 Å². The molecule has 0 saturated heterocycles. The summed E-state index contributed by atoms with van der Waals surface area (Å²) >= 11 is 12.1. The minimum atomic E-state index is -0.348. The minimum absolute atomic E-state index is 0.348. The highest BCUT2D eigenvalue weighted by Gasteiger charge is 2.44. The van der Waals surface area contributed by atoms with Gasteiger partial charge in [-0.15, -0.1) is 11.6 Å². The predicted octanol–water partition coefficient (Wildman–Crippen LogP) is 3.67. The second-order valence-corrected chi connectivity index (χ2v) is 4.84. The van der Waals surface area contributed by atoms with Crippen molar-refractivity contribution < 1.29 is 0 Å². The number of hydrogen-bond donors (Lipinski definition) is 1. The summed E-state index contributed by atoms with van der Waals surface area (Å²) in [5.74, 6) is 0. The fourth-order valence-electron chi connectivity index (χ4n) is 1.40. The van der Waals surface area contributed by atoms with Crippen molar-refractivity contribution in [1.82, 2.24) is 0 Å². The first-order chi connectivity index (χ1) is 6.62. The SMILES string of the molecule is N=C(Cc1ccccc1Cl)C1(Cl)CC1. The summed E-state index contributed by atoms with van der Waals surface area (Å²) < 4.78 is 0. The van der Waals surface area contributed by atoms with Gasteiger partial charge in [-0.2, -0.15) is 0 Å². The number of halogens is 2. The van der Waals surface area contributed by atoms with Gasteiger partial charge in [-0.25, -0.2) is 0 Å². The van der Waals surface area contributed by atoms with E-state index in [0.29, 0.717) is 12.1 Å². The average molecular weight is 228 g/mol. The topological polar surface area (TPSA) is 23.9 Å². The fraction of sp³-hybridized carbons (Fsp3) is 0.364. The number of nitrogens with one attached hydrogen (secondary N) is 1. The quantitative estimate of drug-likeness (QED) is 0.602. The van der Waals surface area contributed by atoms with E-state index in [2.05, 4.69) is 0 Å². The summed E-state index contributed by atoms with van der Waals surface area (Å²) in [6.07, 6.45) is 2.43. The van der Waals surface area contributed by atoms with E-state index >= 15 is 0 Å². The van der Waals surface area contributed by atoms with Gasteiger partial charge in [0.2, 0.25) is 0 Å².